The zero-order valence-electron chi connectivity index (χ0n) is 21.4. The van der Waals surface area contributed by atoms with Gasteiger partial charge < -0.3 is 20.8 Å². The second-order valence-electron chi connectivity index (χ2n) is 10.7. The molecule has 4 N–H and O–H groups in total. The molecule has 2 saturated carbocycles. The van der Waals surface area contributed by atoms with E-state index in [0.29, 0.717) is 32.2 Å². The highest BCUT2D eigenvalue weighted by atomic mass is 16.3. The van der Waals surface area contributed by atoms with Crippen LogP contribution in [-0.2, 0) is 19.2 Å². The zero-order chi connectivity index (χ0) is 26.7. The zero-order valence-corrected chi connectivity index (χ0v) is 21.4. The summed E-state index contributed by atoms with van der Waals surface area (Å²) in [6, 6.07) is -0.719. The molecule has 2 aliphatic heterocycles. The van der Waals surface area contributed by atoms with Crippen LogP contribution in [0.25, 0.3) is 0 Å². The first-order chi connectivity index (χ1) is 17.6. The molecule has 0 unspecified atom stereocenters. The number of rotatable bonds is 1. The number of ketones is 2. The molecule has 0 spiro atoms. The third kappa shape index (κ3) is 5.39. The average Bonchev–Trinajstić information content (AvgIpc) is 3.41. The van der Waals surface area contributed by atoms with Gasteiger partial charge in [-0.1, -0.05) is 43.4 Å². The van der Waals surface area contributed by atoms with Gasteiger partial charge in [0.15, 0.2) is 11.6 Å². The number of hydrogen-bond donors (Lipinski definition) is 4. The molecule has 1 saturated heterocycles. The van der Waals surface area contributed by atoms with Crippen molar-refractivity contribution in [3.05, 3.63) is 59.9 Å². The SMILES string of the molecule is CC(=O)[C@]1(O)C[C@H]2C[C@H]3C=CC=CC(=O)NCCC[C@@H]4NC(=O)C(=C(O)C=CC=CC[C@@H]3[C@H]2[C@@H]1C)C4=O. The van der Waals surface area contributed by atoms with Crippen LogP contribution in [0.2, 0.25) is 0 Å². The number of hydrogen-bond acceptors (Lipinski definition) is 6. The number of carbonyl (C=O) groups is 4. The van der Waals surface area contributed by atoms with Crippen molar-refractivity contribution in [3.63, 3.8) is 0 Å². The fraction of sp³-hybridized carbons (Fsp3) is 0.517. The van der Waals surface area contributed by atoms with Gasteiger partial charge in [-0.3, -0.25) is 19.2 Å². The van der Waals surface area contributed by atoms with Crippen LogP contribution in [0.5, 0.6) is 0 Å². The maximum Gasteiger partial charge on any atom is 0.259 e. The molecule has 2 bridgehead atoms. The molecule has 0 aromatic heterocycles. The highest BCUT2D eigenvalue weighted by Gasteiger charge is 2.58. The van der Waals surface area contributed by atoms with E-state index in [1.807, 2.05) is 19.1 Å². The van der Waals surface area contributed by atoms with Gasteiger partial charge in [0.05, 0.1) is 6.04 Å². The highest BCUT2D eigenvalue weighted by Crippen LogP contribution is 2.58. The molecule has 2 amide bonds. The number of nitrogens with one attached hydrogen (secondary N) is 2. The van der Waals surface area contributed by atoms with Gasteiger partial charge in [-0.25, -0.2) is 0 Å². The lowest BCUT2D eigenvalue weighted by Crippen LogP contribution is -2.42. The Bertz CT molecular complexity index is 1120. The van der Waals surface area contributed by atoms with Crippen molar-refractivity contribution in [1.29, 1.82) is 0 Å². The summed E-state index contributed by atoms with van der Waals surface area (Å²) >= 11 is 0. The Kier molecular flexibility index (Phi) is 7.97. The van der Waals surface area contributed by atoms with Gasteiger partial charge in [-0.15, -0.1) is 0 Å². The van der Waals surface area contributed by atoms with Crippen LogP contribution >= 0.6 is 0 Å². The molecule has 0 radical (unpaired) electrons. The monoisotopic (exact) mass is 508 g/mol. The van der Waals surface area contributed by atoms with E-state index in [-0.39, 0.29) is 52.6 Å². The highest BCUT2D eigenvalue weighted by molar-refractivity contribution is 6.27. The Balaban J connectivity index is 1.59. The van der Waals surface area contributed by atoms with Crippen LogP contribution in [-0.4, -0.2) is 51.8 Å². The van der Waals surface area contributed by atoms with E-state index in [9.17, 15) is 29.4 Å². The fourth-order valence-corrected chi connectivity index (χ4v) is 6.74. The Morgan fingerprint density at radius 1 is 1.11 bits per heavy atom. The summed E-state index contributed by atoms with van der Waals surface area (Å²) in [5, 5.41) is 26.8. The Morgan fingerprint density at radius 2 is 1.86 bits per heavy atom. The van der Waals surface area contributed by atoms with Gasteiger partial charge in [0.25, 0.3) is 5.91 Å². The number of aliphatic hydroxyl groups is 2. The van der Waals surface area contributed by atoms with Crippen LogP contribution < -0.4 is 10.6 Å². The summed E-state index contributed by atoms with van der Waals surface area (Å²) < 4.78 is 0. The van der Waals surface area contributed by atoms with Gasteiger partial charge in [0.1, 0.15) is 16.9 Å². The van der Waals surface area contributed by atoms with Crippen molar-refractivity contribution in [3.8, 4) is 0 Å². The minimum atomic E-state index is -1.29. The molecule has 4 rings (SSSR count). The number of Topliss-reactive ketones (excluding diaryl/α,β-unsaturated/α-hetero) is 2. The first-order valence-electron chi connectivity index (χ1n) is 13.1. The number of carbonyl (C=O) groups excluding carboxylic acids is 4. The van der Waals surface area contributed by atoms with Crippen molar-refractivity contribution < 1.29 is 29.4 Å². The summed E-state index contributed by atoms with van der Waals surface area (Å²) in [6.45, 7) is 3.78. The van der Waals surface area contributed by atoms with E-state index < -0.39 is 23.3 Å². The van der Waals surface area contributed by atoms with Gasteiger partial charge >= 0.3 is 0 Å². The van der Waals surface area contributed by atoms with Crippen molar-refractivity contribution in [2.45, 2.75) is 57.6 Å². The summed E-state index contributed by atoms with van der Waals surface area (Å²) in [5.74, 6) is -1.19. The van der Waals surface area contributed by atoms with Crippen molar-refractivity contribution in [2.24, 2.45) is 29.6 Å². The molecule has 37 heavy (non-hydrogen) atoms. The molecule has 8 nitrogen and oxygen atoms in total. The third-order valence-corrected chi connectivity index (χ3v) is 8.62. The molecule has 0 aromatic carbocycles. The lowest BCUT2D eigenvalue weighted by atomic mass is 9.76. The smallest absolute Gasteiger partial charge is 0.259 e. The fourth-order valence-electron chi connectivity index (χ4n) is 6.74. The first-order valence-corrected chi connectivity index (χ1v) is 13.1. The first kappa shape index (κ1) is 26.8. The number of aliphatic hydroxyl groups excluding tert-OH is 1. The number of fused-ring (bicyclic) bond motifs is 5. The molecular formula is C29H36N2O6. The largest absolute Gasteiger partial charge is 0.507 e. The molecule has 3 fully saturated rings. The van der Waals surface area contributed by atoms with Crippen molar-refractivity contribution >= 4 is 23.4 Å². The van der Waals surface area contributed by atoms with Crippen LogP contribution in [0, 0.1) is 29.6 Å². The molecule has 2 heterocycles. The standard InChI is InChI=1S/C29H36N2O6/c1-17-25-20(16-29(17,37)18(2)32)15-19-9-6-7-13-24(34)30-14-8-11-22-27(35)26(28(36)31-22)23(33)12-5-3-4-10-21(19)25/h3-7,9,12-13,17,19-22,25,33,37H,8,10-11,14-16H2,1-2H3,(H,30,34)(H,31,36)/t17-,19+,20+,21-,22-,25-,29-/m0/s1. The summed E-state index contributed by atoms with van der Waals surface area (Å²) in [4.78, 5) is 49.3. The van der Waals surface area contributed by atoms with E-state index in [2.05, 4.69) is 16.7 Å². The molecule has 7 atom stereocenters. The van der Waals surface area contributed by atoms with E-state index in [0.717, 1.165) is 6.42 Å². The second kappa shape index (κ2) is 11.0. The molecule has 8 heteroatoms. The minimum Gasteiger partial charge on any atom is -0.507 e. The minimum absolute atomic E-state index is 0.164. The van der Waals surface area contributed by atoms with Gasteiger partial charge in [0, 0.05) is 12.6 Å². The van der Waals surface area contributed by atoms with Gasteiger partial charge in [-0.05, 0) is 74.7 Å². The van der Waals surface area contributed by atoms with Crippen molar-refractivity contribution in [2.75, 3.05) is 6.54 Å². The van der Waals surface area contributed by atoms with Crippen LogP contribution in [0.4, 0.5) is 0 Å². The lowest BCUT2D eigenvalue weighted by molar-refractivity contribution is -0.139. The van der Waals surface area contributed by atoms with Gasteiger partial charge in [-0.2, -0.15) is 0 Å². The lowest BCUT2D eigenvalue weighted by Gasteiger charge is -2.31. The number of allylic oxidation sites excluding steroid dienone is 7. The number of amides is 2. The average molecular weight is 509 g/mol. The normalized spacial score (nSPS) is 36.8. The molecule has 198 valence electrons. The summed E-state index contributed by atoms with van der Waals surface area (Å²) in [7, 11) is 0. The van der Waals surface area contributed by atoms with E-state index in [1.165, 1.54) is 19.1 Å². The maximum absolute atomic E-state index is 12.6. The summed E-state index contributed by atoms with van der Waals surface area (Å²) in [6.07, 6.45) is 16.8. The van der Waals surface area contributed by atoms with Crippen molar-refractivity contribution in [1.82, 2.24) is 10.6 Å². The van der Waals surface area contributed by atoms with E-state index >= 15 is 0 Å². The van der Waals surface area contributed by atoms with Gasteiger partial charge in [0.2, 0.25) is 5.91 Å². The molecular weight excluding hydrogens is 472 g/mol. The van der Waals surface area contributed by atoms with Crippen LogP contribution in [0.15, 0.2) is 59.9 Å². The van der Waals surface area contributed by atoms with E-state index in [4.69, 9.17) is 0 Å². The predicted molar refractivity (Wildman–Crippen MR) is 138 cm³/mol. The van der Waals surface area contributed by atoms with Crippen LogP contribution in [0.1, 0.15) is 46.0 Å². The quantitative estimate of drug-likeness (QED) is 0.403. The summed E-state index contributed by atoms with van der Waals surface area (Å²) in [5.41, 5.74) is -1.54. The Hall–Kier alpha value is -3.26. The Labute approximate surface area is 217 Å². The van der Waals surface area contributed by atoms with Crippen LogP contribution in [0.3, 0.4) is 0 Å². The van der Waals surface area contributed by atoms with E-state index in [1.54, 1.807) is 18.2 Å². The third-order valence-electron chi connectivity index (χ3n) is 8.62. The molecule has 4 aliphatic rings. The predicted octanol–water partition coefficient (Wildman–Crippen LogP) is 2.62. The molecule has 0 aromatic rings. The topological polar surface area (TPSA) is 133 Å². The second-order valence-corrected chi connectivity index (χ2v) is 10.7. The Morgan fingerprint density at radius 3 is 2.62 bits per heavy atom. The maximum atomic E-state index is 12.6. The molecule has 2 aliphatic carbocycles.